The van der Waals surface area contributed by atoms with Gasteiger partial charge in [-0.3, -0.25) is 9.69 Å². The maximum absolute atomic E-state index is 12.1. The van der Waals surface area contributed by atoms with Gasteiger partial charge in [-0.2, -0.15) is 0 Å². The number of thiazole rings is 1. The van der Waals surface area contributed by atoms with Crippen LogP contribution < -0.4 is 0 Å². The van der Waals surface area contributed by atoms with E-state index in [2.05, 4.69) is 4.98 Å². The fourth-order valence-corrected chi connectivity index (χ4v) is 3.08. The summed E-state index contributed by atoms with van der Waals surface area (Å²) in [5, 5.41) is 12.6. The normalized spacial score (nSPS) is 20.5. The Morgan fingerprint density at radius 1 is 1.68 bits per heavy atom. The molecule has 0 saturated carbocycles. The van der Waals surface area contributed by atoms with E-state index < -0.39 is 0 Å². The van der Waals surface area contributed by atoms with Gasteiger partial charge in [0.05, 0.1) is 19.2 Å². The molecule has 6 heteroatoms. The summed E-state index contributed by atoms with van der Waals surface area (Å²) in [7, 11) is 1.81. The number of carbonyl (C=O) groups excluding carboxylic acids is 1. The number of piperidine rings is 1. The molecule has 0 spiro atoms. The Morgan fingerprint density at radius 3 is 3.11 bits per heavy atom. The third-order valence-corrected chi connectivity index (χ3v) is 4.26. The van der Waals surface area contributed by atoms with Crippen molar-refractivity contribution in [3.05, 3.63) is 16.1 Å². The summed E-state index contributed by atoms with van der Waals surface area (Å²) < 4.78 is 0. The molecule has 0 aliphatic carbocycles. The van der Waals surface area contributed by atoms with Crippen molar-refractivity contribution in [1.29, 1.82) is 0 Å². The molecule has 0 radical (unpaired) electrons. The first kappa shape index (κ1) is 14.4. The van der Waals surface area contributed by atoms with Crippen LogP contribution in [0.2, 0.25) is 0 Å². The fraction of sp³-hybridized carbons (Fsp3) is 0.692. The third-order valence-electron chi connectivity index (χ3n) is 3.30. The van der Waals surface area contributed by atoms with Crippen LogP contribution in [0.4, 0.5) is 0 Å². The number of hydrogen-bond donors (Lipinski definition) is 1. The number of likely N-dealkylation sites (tertiary alicyclic amines) is 1. The molecule has 2 heterocycles. The van der Waals surface area contributed by atoms with Gasteiger partial charge in [-0.25, -0.2) is 4.98 Å². The van der Waals surface area contributed by atoms with Gasteiger partial charge in [0.15, 0.2) is 0 Å². The first-order valence-corrected chi connectivity index (χ1v) is 7.48. The molecule has 1 aromatic heterocycles. The molecule has 1 atom stereocenters. The first-order valence-electron chi connectivity index (χ1n) is 6.60. The van der Waals surface area contributed by atoms with E-state index >= 15 is 0 Å². The van der Waals surface area contributed by atoms with Crippen molar-refractivity contribution in [2.24, 2.45) is 0 Å². The molecular weight excluding hydrogens is 262 g/mol. The van der Waals surface area contributed by atoms with Gasteiger partial charge in [-0.15, -0.1) is 11.3 Å². The highest BCUT2D eigenvalue weighted by Crippen LogP contribution is 2.12. The van der Waals surface area contributed by atoms with Gasteiger partial charge in [0.2, 0.25) is 5.91 Å². The van der Waals surface area contributed by atoms with Crippen LogP contribution in [-0.4, -0.2) is 58.6 Å². The molecule has 1 unspecified atom stereocenters. The van der Waals surface area contributed by atoms with Crippen LogP contribution >= 0.6 is 11.3 Å². The maximum atomic E-state index is 12.1. The second kappa shape index (κ2) is 6.45. The van der Waals surface area contributed by atoms with Crippen LogP contribution in [0.25, 0.3) is 0 Å². The molecule has 0 bridgehead atoms. The van der Waals surface area contributed by atoms with E-state index in [-0.39, 0.29) is 12.0 Å². The standard InChI is InChI=1S/C13H21N3O2S/c1-10-9-19-12(14-10)7-15(2)13(18)8-16-5-3-4-11(17)6-16/h9,11,17H,3-8H2,1-2H3. The number of aryl methyl sites for hydroxylation is 1. The molecular formula is C13H21N3O2S. The molecule has 1 aliphatic rings. The number of likely N-dealkylation sites (N-methyl/N-ethyl adjacent to an activating group) is 1. The molecule has 1 aromatic rings. The highest BCUT2D eigenvalue weighted by Gasteiger charge is 2.21. The summed E-state index contributed by atoms with van der Waals surface area (Å²) in [4.78, 5) is 20.2. The summed E-state index contributed by atoms with van der Waals surface area (Å²) in [5.74, 6) is 0.0851. The summed E-state index contributed by atoms with van der Waals surface area (Å²) in [6, 6.07) is 0. The number of hydrogen-bond acceptors (Lipinski definition) is 5. The lowest BCUT2D eigenvalue weighted by molar-refractivity contribution is -0.132. The number of nitrogens with zero attached hydrogens (tertiary/aromatic N) is 3. The van der Waals surface area contributed by atoms with E-state index in [1.54, 1.807) is 23.3 Å². The number of aromatic nitrogens is 1. The van der Waals surface area contributed by atoms with Gasteiger partial charge in [-0.1, -0.05) is 0 Å². The number of β-amino-alcohol motifs (C(OH)–C–C–N with tert-alkyl or cyclic N) is 1. The highest BCUT2D eigenvalue weighted by molar-refractivity contribution is 7.09. The van der Waals surface area contributed by atoms with Gasteiger partial charge in [0.25, 0.3) is 0 Å². The van der Waals surface area contributed by atoms with Crippen molar-refractivity contribution in [3.8, 4) is 0 Å². The fourth-order valence-electron chi connectivity index (χ4n) is 2.25. The van der Waals surface area contributed by atoms with Gasteiger partial charge in [-0.05, 0) is 26.3 Å². The van der Waals surface area contributed by atoms with E-state index in [9.17, 15) is 9.90 Å². The van der Waals surface area contributed by atoms with Crippen molar-refractivity contribution in [2.75, 3.05) is 26.7 Å². The summed E-state index contributed by atoms with van der Waals surface area (Å²) in [5.41, 5.74) is 1.00. The molecule has 1 saturated heterocycles. The minimum absolute atomic E-state index is 0.0851. The molecule has 1 fully saturated rings. The van der Waals surface area contributed by atoms with E-state index in [1.807, 2.05) is 17.2 Å². The summed E-state index contributed by atoms with van der Waals surface area (Å²) in [6.07, 6.45) is 1.52. The Hall–Kier alpha value is -0.980. The zero-order chi connectivity index (χ0) is 13.8. The Balaban J connectivity index is 1.81. The van der Waals surface area contributed by atoms with Crippen molar-refractivity contribution >= 4 is 17.2 Å². The zero-order valence-corrected chi connectivity index (χ0v) is 12.3. The maximum Gasteiger partial charge on any atom is 0.236 e. The lowest BCUT2D eigenvalue weighted by atomic mass is 10.1. The van der Waals surface area contributed by atoms with Crippen LogP contribution in [0.3, 0.4) is 0 Å². The Kier molecular flexibility index (Phi) is 4.90. The van der Waals surface area contributed by atoms with Crippen molar-refractivity contribution in [2.45, 2.75) is 32.4 Å². The molecule has 2 rings (SSSR count). The van der Waals surface area contributed by atoms with Crippen molar-refractivity contribution < 1.29 is 9.90 Å². The van der Waals surface area contributed by atoms with Crippen molar-refractivity contribution in [1.82, 2.24) is 14.8 Å². The third kappa shape index (κ3) is 4.26. The Labute approximate surface area is 117 Å². The molecule has 1 N–H and O–H groups in total. The van der Waals surface area contributed by atoms with Crippen LogP contribution in [0.1, 0.15) is 23.5 Å². The molecule has 1 aliphatic heterocycles. The largest absolute Gasteiger partial charge is 0.392 e. The topological polar surface area (TPSA) is 56.7 Å². The molecule has 19 heavy (non-hydrogen) atoms. The second-order valence-corrected chi connectivity index (χ2v) is 6.11. The molecule has 5 nitrogen and oxygen atoms in total. The van der Waals surface area contributed by atoms with E-state index in [0.29, 0.717) is 19.6 Å². The number of aliphatic hydroxyl groups excluding tert-OH is 1. The second-order valence-electron chi connectivity index (χ2n) is 5.16. The van der Waals surface area contributed by atoms with E-state index in [1.165, 1.54) is 0 Å². The number of aliphatic hydroxyl groups is 1. The predicted octanol–water partition coefficient (Wildman–Crippen LogP) is 0.867. The van der Waals surface area contributed by atoms with Gasteiger partial charge < -0.3 is 10.0 Å². The van der Waals surface area contributed by atoms with Crippen LogP contribution in [-0.2, 0) is 11.3 Å². The Morgan fingerprint density at radius 2 is 2.47 bits per heavy atom. The predicted molar refractivity (Wildman–Crippen MR) is 75.0 cm³/mol. The summed E-state index contributed by atoms with van der Waals surface area (Å²) in [6.45, 7) is 4.41. The molecule has 106 valence electrons. The minimum atomic E-state index is -0.284. The lowest BCUT2D eigenvalue weighted by Crippen LogP contribution is -2.44. The van der Waals surface area contributed by atoms with E-state index in [0.717, 1.165) is 30.1 Å². The minimum Gasteiger partial charge on any atom is -0.392 e. The average Bonchev–Trinajstić information content (AvgIpc) is 2.74. The SMILES string of the molecule is Cc1csc(CN(C)C(=O)CN2CCCC(O)C2)n1. The van der Waals surface area contributed by atoms with Crippen molar-refractivity contribution in [3.63, 3.8) is 0 Å². The van der Waals surface area contributed by atoms with Crippen LogP contribution in [0.5, 0.6) is 0 Å². The first-order chi connectivity index (χ1) is 9.04. The van der Waals surface area contributed by atoms with Gasteiger partial charge >= 0.3 is 0 Å². The van der Waals surface area contributed by atoms with Gasteiger partial charge in [0, 0.05) is 24.7 Å². The van der Waals surface area contributed by atoms with Gasteiger partial charge in [0.1, 0.15) is 5.01 Å². The smallest absolute Gasteiger partial charge is 0.236 e. The summed E-state index contributed by atoms with van der Waals surface area (Å²) >= 11 is 1.58. The number of rotatable bonds is 4. The Bertz CT molecular complexity index is 435. The number of carbonyl (C=O) groups is 1. The molecule has 0 aromatic carbocycles. The highest BCUT2D eigenvalue weighted by atomic mass is 32.1. The average molecular weight is 283 g/mol. The quantitative estimate of drug-likeness (QED) is 0.891. The zero-order valence-electron chi connectivity index (χ0n) is 11.5. The van der Waals surface area contributed by atoms with E-state index in [4.69, 9.17) is 0 Å². The monoisotopic (exact) mass is 283 g/mol. The van der Waals surface area contributed by atoms with Crippen LogP contribution in [0, 0.1) is 6.92 Å². The number of amides is 1. The van der Waals surface area contributed by atoms with Crippen LogP contribution in [0.15, 0.2) is 5.38 Å². The lowest BCUT2D eigenvalue weighted by Gasteiger charge is -2.30. The molecule has 1 amide bonds.